The van der Waals surface area contributed by atoms with Crippen molar-refractivity contribution in [3.63, 3.8) is 0 Å². The van der Waals surface area contributed by atoms with Crippen molar-refractivity contribution in [2.45, 2.75) is 0 Å². The predicted octanol–water partition coefficient (Wildman–Crippen LogP) is 3.95. The molecular weight excluding hydrogens is 354 g/mol. The van der Waals surface area contributed by atoms with Crippen LogP contribution in [0.5, 0.6) is 0 Å². The molecule has 0 atom stereocenters. The average molecular weight is 368 g/mol. The summed E-state index contributed by atoms with van der Waals surface area (Å²) < 4.78 is 5.08. The second-order valence-electron chi connectivity index (χ2n) is 5.23. The molecular formula is C19H14ClN3O3. The Bertz CT molecular complexity index is 952. The zero-order chi connectivity index (χ0) is 18.4. The van der Waals surface area contributed by atoms with Gasteiger partial charge in [0.15, 0.2) is 0 Å². The molecule has 2 N–H and O–H groups in total. The topological polar surface area (TPSA) is 83.7 Å². The van der Waals surface area contributed by atoms with Crippen LogP contribution in [0.3, 0.4) is 0 Å². The van der Waals surface area contributed by atoms with Gasteiger partial charge >= 0.3 is 0 Å². The number of amides is 2. The molecule has 7 heteroatoms. The van der Waals surface area contributed by atoms with Crippen LogP contribution < -0.4 is 10.7 Å². The van der Waals surface area contributed by atoms with E-state index in [1.165, 1.54) is 12.5 Å². The fraction of sp³-hybridized carbons (Fsp3) is 0. The molecule has 0 fully saturated rings. The summed E-state index contributed by atoms with van der Waals surface area (Å²) in [6.45, 7) is 0. The SMILES string of the molecule is O=C(NN=Cc1ccco1)c1cccc(NC(=O)c2ccccc2Cl)c1. The summed E-state index contributed by atoms with van der Waals surface area (Å²) in [5.74, 6) is -0.253. The molecule has 3 rings (SSSR count). The van der Waals surface area contributed by atoms with Crippen LogP contribution in [-0.4, -0.2) is 18.0 Å². The van der Waals surface area contributed by atoms with Crippen molar-refractivity contribution in [2.24, 2.45) is 5.10 Å². The highest BCUT2D eigenvalue weighted by Gasteiger charge is 2.11. The lowest BCUT2D eigenvalue weighted by atomic mass is 10.1. The minimum Gasteiger partial charge on any atom is -0.463 e. The van der Waals surface area contributed by atoms with E-state index in [0.29, 0.717) is 27.6 Å². The number of carbonyl (C=O) groups is 2. The van der Waals surface area contributed by atoms with Crippen LogP contribution in [0.25, 0.3) is 0 Å². The third-order valence-electron chi connectivity index (χ3n) is 3.40. The summed E-state index contributed by atoms with van der Waals surface area (Å²) in [4.78, 5) is 24.4. The summed E-state index contributed by atoms with van der Waals surface area (Å²) in [5, 5.41) is 6.89. The molecule has 2 aromatic carbocycles. The molecule has 26 heavy (non-hydrogen) atoms. The highest BCUT2D eigenvalue weighted by Crippen LogP contribution is 2.18. The maximum atomic E-state index is 12.3. The first kappa shape index (κ1) is 17.4. The molecule has 0 aliphatic carbocycles. The van der Waals surface area contributed by atoms with Gasteiger partial charge in [-0.15, -0.1) is 0 Å². The van der Waals surface area contributed by atoms with Crippen LogP contribution >= 0.6 is 11.6 Å². The molecule has 130 valence electrons. The third kappa shape index (κ3) is 4.37. The summed E-state index contributed by atoms with van der Waals surface area (Å²) in [7, 11) is 0. The van der Waals surface area contributed by atoms with E-state index >= 15 is 0 Å². The van der Waals surface area contributed by atoms with Crippen LogP contribution in [0, 0.1) is 0 Å². The number of carbonyl (C=O) groups excluding carboxylic acids is 2. The van der Waals surface area contributed by atoms with Gasteiger partial charge in [0.2, 0.25) is 0 Å². The van der Waals surface area contributed by atoms with Gasteiger partial charge in [-0.2, -0.15) is 5.10 Å². The highest BCUT2D eigenvalue weighted by molar-refractivity contribution is 6.34. The van der Waals surface area contributed by atoms with Crippen molar-refractivity contribution in [3.8, 4) is 0 Å². The standard InChI is InChI=1S/C19H14ClN3O3/c20-17-9-2-1-8-16(17)19(25)22-14-6-3-5-13(11-14)18(24)23-21-12-15-7-4-10-26-15/h1-12H,(H,22,25)(H,23,24). The van der Waals surface area contributed by atoms with Crippen molar-refractivity contribution in [1.29, 1.82) is 0 Å². The minimum absolute atomic E-state index is 0.346. The Morgan fingerprint density at radius 2 is 1.85 bits per heavy atom. The van der Waals surface area contributed by atoms with Gasteiger partial charge in [-0.1, -0.05) is 29.8 Å². The predicted molar refractivity (Wildman–Crippen MR) is 99.6 cm³/mol. The number of halogens is 1. The molecule has 0 bridgehead atoms. The first-order valence-electron chi connectivity index (χ1n) is 7.66. The number of nitrogens with one attached hydrogen (secondary N) is 2. The summed E-state index contributed by atoms with van der Waals surface area (Å²) >= 11 is 6.02. The van der Waals surface area contributed by atoms with Crippen LogP contribution in [-0.2, 0) is 0 Å². The number of hydrogen-bond donors (Lipinski definition) is 2. The lowest BCUT2D eigenvalue weighted by Gasteiger charge is -2.08. The number of anilines is 1. The molecule has 0 aliphatic rings. The maximum absolute atomic E-state index is 12.3. The second kappa shape index (κ2) is 8.13. The quantitative estimate of drug-likeness (QED) is 0.529. The molecule has 0 saturated carbocycles. The summed E-state index contributed by atoms with van der Waals surface area (Å²) in [5.41, 5.74) is 3.56. The Morgan fingerprint density at radius 1 is 1.00 bits per heavy atom. The molecule has 2 amide bonds. The van der Waals surface area contributed by atoms with Crippen molar-refractivity contribution >= 4 is 35.3 Å². The Balaban J connectivity index is 1.67. The minimum atomic E-state index is -0.415. The van der Waals surface area contributed by atoms with E-state index in [0.717, 1.165) is 0 Å². The van der Waals surface area contributed by atoms with Gasteiger partial charge in [0, 0.05) is 11.3 Å². The highest BCUT2D eigenvalue weighted by atomic mass is 35.5. The van der Waals surface area contributed by atoms with Crippen LogP contribution in [0.2, 0.25) is 5.02 Å². The Labute approximate surface area is 154 Å². The van der Waals surface area contributed by atoms with E-state index in [-0.39, 0.29) is 5.91 Å². The molecule has 0 unspecified atom stereocenters. The summed E-state index contributed by atoms with van der Waals surface area (Å²) in [6.07, 6.45) is 2.90. The molecule has 6 nitrogen and oxygen atoms in total. The zero-order valence-electron chi connectivity index (χ0n) is 13.5. The van der Waals surface area contributed by atoms with Gasteiger partial charge < -0.3 is 9.73 Å². The van der Waals surface area contributed by atoms with E-state index in [4.69, 9.17) is 16.0 Å². The van der Waals surface area contributed by atoms with E-state index in [2.05, 4.69) is 15.8 Å². The molecule has 1 heterocycles. The monoisotopic (exact) mass is 367 g/mol. The van der Waals surface area contributed by atoms with Crippen molar-refractivity contribution < 1.29 is 14.0 Å². The molecule has 0 aliphatic heterocycles. The van der Waals surface area contributed by atoms with Gasteiger partial charge in [-0.05, 0) is 42.5 Å². The van der Waals surface area contributed by atoms with Gasteiger partial charge in [-0.3, -0.25) is 9.59 Å². The third-order valence-corrected chi connectivity index (χ3v) is 3.73. The first-order valence-corrected chi connectivity index (χ1v) is 8.04. The van der Waals surface area contributed by atoms with Gasteiger partial charge in [0.05, 0.1) is 23.1 Å². The van der Waals surface area contributed by atoms with Gasteiger partial charge in [0.25, 0.3) is 11.8 Å². The van der Waals surface area contributed by atoms with Crippen LogP contribution in [0.15, 0.2) is 76.4 Å². The van der Waals surface area contributed by atoms with Crippen molar-refractivity contribution in [2.75, 3.05) is 5.32 Å². The Morgan fingerprint density at radius 3 is 2.62 bits per heavy atom. The fourth-order valence-electron chi connectivity index (χ4n) is 2.17. The van der Waals surface area contributed by atoms with Crippen LogP contribution in [0.1, 0.15) is 26.5 Å². The maximum Gasteiger partial charge on any atom is 0.271 e. The number of furan rings is 1. The first-order chi connectivity index (χ1) is 12.6. The number of hydrogen-bond acceptors (Lipinski definition) is 4. The zero-order valence-corrected chi connectivity index (χ0v) is 14.2. The fourth-order valence-corrected chi connectivity index (χ4v) is 2.39. The van der Waals surface area contributed by atoms with Gasteiger partial charge in [-0.25, -0.2) is 5.43 Å². The van der Waals surface area contributed by atoms with Crippen molar-refractivity contribution in [3.05, 3.63) is 88.8 Å². The van der Waals surface area contributed by atoms with Crippen LogP contribution in [0.4, 0.5) is 5.69 Å². The van der Waals surface area contributed by atoms with Crippen molar-refractivity contribution in [1.82, 2.24) is 5.43 Å². The van der Waals surface area contributed by atoms with E-state index in [9.17, 15) is 9.59 Å². The lowest BCUT2D eigenvalue weighted by molar-refractivity contribution is 0.0953. The van der Waals surface area contributed by atoms with Gasteiger partial charge in [0.1, 0.15) is 5.76 Å². The molecule has 1 aromatic heterocycles. The van der Waals surface area contributed by atoms with E-state index in [1.54, 1.807) is 60.7 Å². The molecule has 0 saturated heterocycles. The lowest BCUT2D eigenvalue weighted by Crippen LogP contribution is -2.18. The number of nitrogens with zero attached hydrogens (tertiary/aromatic N) is 1. The number of rotatable bonds is 5. The Hall–Kier alpha value is -3.38. The molecule has 0 spiro atoms. The number of benzene rings is 2. The second-order valence-corrected chi connectivity index (χ2v) is 5.64. The number of hydrazone groups is 1. The normalized spacial score (nSPS) is 10.7. The van der Waals surface area contributed by atoms with E-state index in [1.807, 2.05) is 0 Å². The van der Waals surface area contributed by atoms with E-state index < -0.39 is 5.91 Å². The molecule has 0 radical (unpaired) electrons. The smallest absolute Gasteiger partial charge is 0.271 e. The largest absolute Gasteiger partial charge is 0.463 e. The average Bonchev–Trinajstić information content (AvgIpc) is 3.15. The summed E-state index contributed by atoms with van der Waals surface area (Å²) in [6, 6.07) is 16.7. The molecule has 3 aromatic rings. The Kier molecular flexibility index (Phi) is 5.46.